The number of nitrogens with zero attached hydrogens (tertiary/aromatic N) is 2. The van der Waals surface area contributed by atoms with Crippen LogP contribution in [0.5, 0.6) is 5.75 Å². The SMILES string of the molecule is CC1(C)C(NC(=O)c2ccc(N)nc2)C(C)(C)C1Oc1ccc(C#N)c(Cl)c1. The average molecular weight is 399 g/mol. The number of aromatic nitrogens is 1. The van der Waals surface area contributed by atoms with E-state index < -0.39 is 0 Å². The number of pyridine rings is 1. The lowest BCUT2D eigenvalue weighted by molar-refractivity contribution is -0.164. The molecule has 1 amide bonds. The third-order valence-electron chi connectivity index (χ3n) is 5.48. The number of halogens is 1. The van der Waals surface area contributed by atoms with E-state index in [9.17, 15) is 4.79 Å². The van der Waals surface area contributed by atoms with Crippen LogP contribution in [-0.4, -0.2) is 23.0 Å². The van der Waals surface area contributed by atoms with Gasteiger partial charge in [-0.25, -0.2) is 4.98 Å². The Morgan fingerprint density at radius 1 is 1.25 bits per heavy atom. The number of anilines is 1. The molecule has 0 atom stereocenters. The van der Waals surface area contributed by atoms with Crippen molar-refractivity contribution in [3.8, 4) is 11.8 Å². The predicted molar refractivity (Wildman–Crippen MR) is 108 cm³/mol. The van der Waals surface area contributed by atoms with Crippen molar-refractivity contribution in [2.75, 3.05) is 5.73 Å². The Kier molecular flexibility index (Phi) is 4.99. The smallest absolute Gasteiger partial charge is 0.253 e. The Morgan fingerprint density at radius 3 is 2.46 bits per heavy atom. The maximum Gasteiger partial charge on any atom is 0.253 e. The van der Waals surface area contributed by atoms with Gasteiger partial charge in [0.15, 0.2) is 0 Å². The maximum atomic E-state index is 12.6. The normalized spacial score (nSPS) is 21.9. The molecule has 28 heavy (non-hydrogen) atoms. The van der Waals surface area contributed by atoms with Crippen LogP contribution < -0.4 is 15.8 Å². The van der Waals surface area contributed by atoms with Crippen molar-refractivity contribution in [2.24, 2.45) is 10.8 Å². The second-order valence-corrected chi connectivity index (χ2v) is 8.68. The third-order valence-corrected chi connectivity index (χ3v) is 5.79. The Morgan fingerprint density at radius 2 is 1.93 bits per heavy atom. The second kappa shape index (κ2) is 6.99. The molecule has 1 aromatic heterocycles. The Hall–Kier alpha value is -2.78. The van der Waals surface area contributed by atoms with Crippen LogP contribution in [-0.2, 0) is 0 Å². The van der Waals surface area contributed by atoms with Crippen LogP contribution in [0.25, 0.3) is 0 Å². The number of benzene rings is 1. The number of hydrogen-bond acceptors (Lipinski definition) is 5. The summed E-state index contributed by atoms with van der Waals surface area (Å²) < 4.78 is 6.22. The number of nitrogens with one attached hydrogen (secondary N) is 1. The van der Waals surface area contributed by atoms with Crippen molar-refractivity contribution in [3.05, 3.63) is 52.7 Å². The monoisotopic (exact) mass is 398 g/mol. The molecule has 0 unspecified atom stereocenters. The molecular weight excluding hydrogens is 376 g/mol. The Bertz CT molecular complexity index is 932. The van der Waals surface area contributed by atoms with Gasteiger partial charge in [-0.1, -0.05) is 39.3 Å². The van der Waals surface area contributed by atoms with E-state index in [-0.39, 0.29) is 28.9 Å². The van der Waals surface area contributed by atoms with E-state index in [1.165, 1.54) is 6.20 Å². The summed E-state index contributed by atoms with van der Waals surface area (Å²) in [6.07, 6.45) is 1.31. The predicted octanol–water partition coefficient (Wildman–Crippen LogP) is 3.80. The third kappa shape index (κ3) is 3.38. The van der Waals surface area contributed by atoms with Crippen LogP contribution in [0.4, 0.5) is 5.82 Å². The van der Waals surface area contributed by atoms with Crippen LogP contribution in [0, 0.1) is 22.2 Å². The molecule has 0 saturated heterocycles. The van der Waals surface area contributed by atoms with Gasteiger partial charge in [0.25, 0.3) is 5.91 Å². The molecule has 1 saturated carbocycles. The molecule has 1 heterocycles. The van der Waals surface area contributed by atoms with E-state index in [1.54, 1.807) is 30.3 Å². The van der Waals surface area contributed by atoms with E-state index in [0.29, 0.717) is 27.7 Å². The highest BCUT2D eigenvalue weighted by Crippen LogP contribution is 2.55. The van der Waals surface area contributed by atoms with Gasteiger partial charge in [-0.3, -0.25) is 4.79 Å². The second-order valence-electron chi connectivity index (χ2n) is 8.27. The first-order valence-electron chi connectivity index (χ1n) is 8.96. The van der Waals surface area contributed by atoms with Gasteiger partial charge in [-0.2, -0.15) is 5.26 Å². The first-order valence-corrected chi connectivity index (χ1v) is 9.34. The van der Waals surface area contributed by atoms with E-state index >= 15 is 0 Å². The zero-order valence-corrected chi connectivity index (χ0v) is 17.0. The average Bonchev–Trinajstić information content (AvgIpc) is 2.64. The molecule has 1 aliphatic carbocycles. The molecule has 2 aromatic rings. The molecule has 3 N–H and O–H groups in total. The van der Waals surface area contributed by atoms with Crippen molar-refractivity contribution < 1.29 is 9.53 Å². The molecule has 146 valence electrons. The number of nitrogens with two attached hydrogens (primary N) is 1. The Balaban J connectivity index is 1.76. The molecular formula is C21H23ClN4O2. The number of nitriles is 1. The van der Waals surface area contributed by atoms with Crippen molar-refractivity contribution in [1.82, 2.24) is 10.3 Å². The fraction of sp³-hybridized carbons (Fsp3) is 0.381. The first-order chi connectivity index (χ1) is 13.1. The van der Waals surface area contributed by atoms with E-state index in [0.717, 1.165) is 0 Å². The van der Waals surface area contributed by atoms with Crippen LogP contribution in [0.3, 0.4) is 0 Å². The van der Waals surface area contributed by atoms with E-state index in [2.05, 4.69) is 38.0 Å². The summed E-state index contributed by atoms with van der Waals surface area (Å²) in [5.41, 5.74) is 5.82. The minimum atomic E-state index is -0.319. The molecule has 3 rings (SSSR count). The number of carbonyl (C=O) groups is 1. The molecule has 1 aromatic carbocycles. The minimum Gasteiger partial charge on any atom is -0.489 e. The van der Waals surface area contributed by atoms with Crippen LogP contribution in [0.15, 0.2) is 36.5 Å². The maximum absolute atomic E-state index is 12.6. The first kappa shape index (κ1) is 20.0. The standard InChI is InChI=1S/C21H23ClN4O2/c1-20(2)18(26-17(27)13-6-8-16(24)25-11-13)21(3,4)19(20)28-14-7-5-12(10-23)15(22)9-14/h5-9,11,18-19H,1-4H3,(H2,24,25)(H,26,27). The molecule has 0 aliphatic heterocycles. The fourth-order valence-corrected chi connectivity index (χ4v) is 4.56. The van der Waals surface area contributed by atoms with Gasteiger partial charge in [0.2, 0.25) is 0 Å². The van der Waals surface area contributed by atoms with Crippen LogP contribution >= 0.6 is 11.6 Å². The molecule has 0 spiro atoms. The highest BCUT2D eigenvalue weighted by molar-refractivity contribution is 6.31. The largest absolute Gasteiger partial charge is 0.489 e. The number of rotatable bonds is 4. The lowest BCUT2D eigenvalue weighted by Crippen LogP contribution is -2.74. The number of nitrogen functional groups attached to an aromatic ring is 1. The number of amides is 1. The summed E-state index contributed by atoms with van der Waals surface area (Å²) in [7, 11) is 0. The summed E-state index contributed by atoms with van der Waals surface area (Å²) in [6, 6.07) is 10.2. The summed E-state index contributed by atoms with van der Waals surface area (Å²) in [4.78, 5) is 16.6. The van der Waals surface area contributed by atoms with Crippen molar-refractivity contribution in [2.45, 2.75) is 39.8 Å². The van der Waals surface area contributed by atoms with Crippen molar-refractivity contribution in [3.63, 3.8) is 0 Å². The fourth-order valence-electron chi connectivity index (χ4n) is 4.35. The van der Waals surface area contributed by atoms with E-state index in [1.807, 2.05) is 6.07 Å². The lowest BCUT2D eigenvalue weighted by Gasteiger charge is -2.63. The van der Waals surface area contributed by atoms with Crippen LogP contribution in [0.1, 0.15) is 43.6 Å². The highest BCUT2D eigenvalue weighted by Gasteiger charge is 2.64. The van der Waals surface area contributed by atoms with Gasteiger partial charge < -0.3 is 15.8 Å². The van der Waals surface area contributed by atoms with Gasteiger partial charge in [-0.15, -0.1) is 0 Å². The lowest BCUT2D eigenvalue weighted by atomic mass is 9.49. The molecule has 0 bridgehead atoms. The topological polar surface area (TPSA) is 101 Å². The van der Waals surface area contributed by atoms with Gasteiger partial charge in [0.05, 0.1) is 16.1 Å². The number of ether oxygens (including phenoxy) is 1. The number of hydrogen-bond donors (Lipinski definition) is 2. The molecule has 6 nitrogen and oxygen atoms in total. The summed E-state index contributed by atoms with van der Waals surface area (Å²) >= 11 is 6.12. The van der Waals surface area contributed by atoms with Crippen LogP contribution in [0.2, 0.25) is 5.02 Å². The zero-order chi connectivity index (χ0) is 20.7. The highest BCUT2D eigenvalue weighted by atomic mass is 35.5. The quantitative estimate of drug-likeness (QED) is 0.815. The summed E-state index contributed by atoms with van der Waals surface area (Å²) in [6.45, 7) is 8.22. The van der Waals surface area contributed by atoms with E-state index in [4.69, 9.17) is 27.3 Å². The number of carbonyl (C=O) groups excluding carboxylic acids is 1. The summed E-state index contributed by atoms with van der Waals surface area (Å²) in [5.74, 6) is 0.775. The van der Waals surface area contributed by atoms with Gasteiger partial charge in [-0.05, 0) is 24.3 Å². The zero-order valence-electron chi connectivity index (χ0n) is 16.3. The minimum absolute atomic E-state index is 0.107. The molecule has 7 heteroatoms. The summed E-state index contributed by atoms with van der Waals surface area (Å²) in [5, 5.41) is 12.5. The molecule has 1 fully saturated rings. The van der Waals surface area contributed by atoms with Gasteiger partial charge in [0.1, 0.15) is 23.7 Å². The molecule has 0 radical (unpaired) electrons. The van der Waals surface area contributed by atoms with Crippen molar-refractivity contribution >= 4 is 23.3 Å². The van der Waals surface area contributed by atoms with Gasteiger partial charge >= 0.3 is 0 Å². The van der Waals surface area contributed by atoms with Crippen molar-refractivity contribution in [1.29, 1.82) is 5.26 Å². The Labute approximate surface area is 169 Å². The molecule has 1 aliphatic rings. The van der Waals surface area contributed by atoms with Gasteiger partial charge in [0, 0.05) is 29.1 Å².